The van der Waals surface area contributed by atoms with Gasteiger partial charge in [0.05, 0.1) is 6.07 Å². The number of nitriles is 1. The highest BCUT2D eigenvalue weighted by Crippen LogP contribution is 2.21. The minimum absolute atomic E-state index is 0.00631. The molecule has 2 aromatic rings. The molecule has 4 nitrogen and oxygen atoms in total. The van der Waals surface area contributed by atoms with Crippen molar-refractivity contribution in [3.05, 3.63) is 65.7 Å². The molecule has 0 saturated carbocycles. The number of carbonyl (C=O) groups excluding carboxylic acids is 1. The maximum Gasteiger partial charge on any atom is 0.259 e. The number of nitrogens with zero attached hydrogens (tertiary/aromatic N) is 1. The fourth-order valence-electron chi connectivity index (χ4n) is 2.38. The van der Waals surface area contributed by atoms with Crippen LogP contribution >= 0.6 is 0 Å². The zero-order valence-corrected chi connectivity index (χ0v) is 15.0. The van der Waals surface area contributed by atoms with E-state index in [2.05, 4.69) is 23.5 Å². The fraction of sp³-hybridized carbons (Fsp3) is 0.333. The lowest BCUT2D eigenvalue weighted by Crippen LogP contribution is -2.50. The molecule has 1 atom stereocenters. The summed E-state index contributed by atoms with van der Waals surface area (Å²) in [5.74, 6) is 0.392. The molecule has 4 heteroatoms. The van der Waals surface area contributed by atoms with Crippen LogP contribution in [0.3, 0.4) is 0 Å². The van der Waals surface area contributed by atoms with Gasteiger partial charge in [-0.1, -0.05) is 62.4 Å². The molecule has 25 heavy (non-hydrogen) atoms. The lowest BCUT2D eigenvalue weighted by molar-refractivity contribution is -0.124. The normalized spacial score (nSPS) is 12.9. The Morgan fingerprint density at radius 3 is 2.44 bits per heavy atom. The number of para-hydroxylation sites is 1. The Labute approximate surface area is 149 Å². The maximum absolute atomic E-state index is 12.2. The van der Waals surface area contributed by atoms with E-state index in [4.69, 9.17) is 4.74 Å². The van der Waals surface area contributed by atoms with E-state index in [-0.39, 0.29) is 18.4 Å². The summed E-state index contributed by atoms with van der Waals surface area (Å²) in [5, 5.41) is 12.0. The number of nitrogens with one attached hydrogen (secondary N) is 1. The van der Waals surface area contributed by atoms with Crippen LogP contribution in [0.5, 0.6) is 5.75 Å². The van der Waals surface area contributed by atoms with Crippen molar-refractivity contribution in [1.82, 2.24) is 5.32 Å². The van der Waals surface area contributed by atoms with Gasteiger partial charge in [0.15, 0.2) is 6.61 Å². The number of hydrogen-bond donors (Lipinski definition) is 1. The number of carbonyl (C=O) groups is 1. The third-order valence-electron chi connectivity index (χ3n) is 4.35. The molecule has 0 radical (unpaired) electrons. The second-order valence-corrected chi connectivity index (χ2v) is 6.58. The molecule has 2 aromatic carbocycles. The third-order valence-corrected chi connectivity index (χ3v) is 4.35. The summed E-state index contributed by atoms with van der Waals surface area (Å²) in [7, 11) is 0. The molecule has 0 spiro atoms. The molecule has 130 valence electrons. The summed E-state index contributed by atoms with van der Waals surface area (Å²) in [6.07, 6.45) is 0.737. The van der Waals surface area contributed by atoms with Gasteiger partial charge >= 0.3 is 0 Å². The van der Waals surface area contributed by atoms with E-state index in [1.807, 2.05) is 56.3 Å². The van der Waals surface area contributed by atoms with Crippen molar-refractivity contribution in [2.24, 2.45) is 5.92 Å². The Bertz CT molecular complexity index is 750. The van der Waals surface area contributed by atoms with Gasteiger partial charge in [-0.05, 0) is 30.0 Å². The number of amides is 1. The third kappa shape index (κ3) is 5.09. The summed E-state index contributed by atoms with van der Waals surface area (Å²) in [4.78, 5) is 12.2. The SMILES string of the molecule is CC(C)C(C)(C#N)NC(=O)COc1ccccc1Cc1ccccc1. The topological polar surface area (TPSA) is 62.1 Å². The highest BCUT2D eigenvalue weighted by Gasteiger charge is 2.30. The van der Waals surface area contributed by atoms with Crippen molar-refractivity contribution in [2.75, 3.05) is 6.61 Å². The van der Waals surface area contributed by atoms with E-state index >= 15 is 0 Å². The first-order valence-electron chi connectivity index (χ1n) is 8.41. The van der Waals surface area contributed by atoms with Crippen LogP contribution in [0, 0.1) is 17.2 Å². The van der Waals surface area contributed by atoms with E-state index in [1.54, 1.807) is 6.92 Å². The van der Waals surface area contributed by atoms with Crippen LogP contribution in [0.15, 0.2) is 54.6 Å². The van der Waals surface area contributed by atoms with Crippen LogP contribution in [0.4, 0.5) is 0 Å². The Kier molecular flexibility index (Phi) is 6.19. The number of rotatable bonds is 7. The van der Waals surface area contributed by atoms with Gasteiger partial charge in [-0.3, -0.25) is 4.79 Å². The predicted octanol–water partition coefficient (Wildman–Crippen LogP) is 3.71. The Morgan fingerprint density at radius 2 is 1.80 bits per heavy atom. The summed E-state index contributed by atoms with van der Waals surface area (Å²) in [5.41, 5.74) is 1.30. The predicted molar refractivity (Wildman–Crippen MR) is 98.2 cm³/mol. The Hall–Kier alpha value is -2.80. The van der Waals surface area contributed by atoms with Gasteiger partial charge < -0.3 is 10.1 Å². The van der Waals surface area contributed by atoms with Crippen LogP contribution in [-0.2, 0) is 11.2 Å². The highest BCUT2D eigenvalue weighted by molar-refractivity contribution is 5.78. The number of benzene rings is 2. The van der Waals surface area contributed by atoms with Gasteiger partial charge in [0.1, 0.15) is 11.3 Å². The zero-order chi connectivity index (χ0) is 18.3. The average Bonchev–Trinajstić information content (AvgIpc) is 2.61. The van der Waals surface area contributed by atoms with E-state index in [0.29, 0.717) is 5.75 Å². The molecule has 0 fully saturated rings. The molecular weight excluding hydrogens is 312 g/mol. The summed E-state index contributed by atoms with van der Waals surface area (Å²) in [6.45, 7) is 5.41. The Morgan fingerprint density at radius 1 is 1.16 bits per heavy atom. The summed E-state index contributed by atoms with van der Waals surface area (Å²) in [6, 6.07) is 20.0. The zero-order valence-electron chi connectivity index (χ0n) is 15.0. The second kappa shape index (κ2) is 8.34. The molecule has 0 bridgehead atoms. The van der Waals surface area contributed by atoms with Crippen molar-refractivity contribution in [3.63, 3.8) is 0 Å². The highest BCUT2D eigenvalue weighted by atomic mass is 16.5. The lowest BCUT2D eigenvalue weighted by Gasteiger charge is -2.27. The summed E-state index contributed by atoms with van der Waals surface area (Å²) < 4.78 is 5.72. The molecule has 0 aliphatic heterocycles. The van der Waals surface area contributed by atoms with E-state index in [0.717, 1.165) is 12.0 Å². The number of ether oxygens (including phenoxy) is 1. The molecule has 1 N–H and O–H groups in total. The van der Waals surface area contributed by atoms with Crippen molar-refractivity contribution < 1.29 is 9.53 Å². The molecule has 1 amide bonds. The first-order chi connectivity index (χ1) is 11.9. The van der Waals surface area contributed by atoms with Crippen LogP contribution < -0.4 is 10.1 Å². The molecule has 0 heterocycles. The van der Waals surface area contributed by atoms with E-state index < -0.39 is 5.54 Å². The molecular formula is C21H24N2O2. The number of hydrogen-bond acceptors (Lipinski definition) is 3. The standard InChI is InChI=1S/C21H24N2O2/c1-16(2)21(3,15-22)23-20(24)14-25-19-12-8-7-11-18(19)13-17-9-5-4-6-10-17/h4-12,16H,13-14H2,1-3H3,(H,23,24). The Balaban J connectivity index is 2.02. The summed E-state index contributed by atoms with van der Waals surface area (Å²) >= 11 is 0. The lowest BCUT2D eigenvalue weighted by atomic mass is 9.90. The van der Waals surface area contributed by atoms with Crippen LogP contribution in [-0.4, -0.2) is 18.1 Å². The van der Waals surface area contributed by atoms with Crippen molar-refractivity contribution in [3.8, 4) is 11.8 Å². The molecule has 0 aliphatic carbocycles. The quantitative estimate of drug-likeness (QED) is 0.838. The van der Waals surface area contributed by atoms with Gasteiger partial charge in [-0.25, -0.2) is 0 Å². The smallest absolute Gasteiger partial charge is 0.259 e. The van der Waals surface area contributed by atoms with E-state index in [9.17, 15) is 10.1 Å². The van der Waals surface area contributed by atoms with Crippen LogP contribution in [0.2, 0.25) is 0 Å². The first kappa shape index (κ1) is 18.5. The molecule has 1 unspecified atom stereocenters. The monoisotopic (exact) mass is 336 g/mol. The van der Waals surface area contributed by atoms with Crippen LogP contribution in [0.1, 0.15) is 31.9 Å². The molecule has 0 aromatic heterocycles. The van der Waals surface area contributed by atoms with Gasteiger partial charge in [-0.15, -0.1) is 0 Å². The second-order valence-electron chi connectivity index (χ2n) is 6.58. The maximum atomic E-state index is 12.2. The minimum Gasteiger partial charge on any atom is -0.483 e. The first-order valence-corrected chi connectivity index (χ1v) is 8.41. The van der Waals surface area contributed by atoms with Gasteiger partial charge in [-0.2, -0.15) is 5.26 Å². The van der Waals surface area contributed by atoms with Crippen molar-refractivity contribution in [2.45, 2.75) is 32.7 Å². The van der Waals surface area contributed by atoms with Crippen molar-refractivity contribution >= 4 is 5.91 Å². The molecule has 0 saturated heterocycles. The fourth-order valence-corrected chi connectivity index (χ4v) is 2.38. The molecule has 0 aliphatic rings. The molecule has 2 rings (SSSR count). The van der Waals surface area contributed by atoms with E-state index in [1.165, 1.54) is 5.56 Å². The van der Waals surface area contributed by atoms with Gasteiger partial charge in [0.2, 0.25) is 0 Å². The van der Waals surface area contributed by atoms with Crippen molar-refractivity contribution in [1.29, 1.82) is 5.26 Å². The average molecular weight is 336 g/mol. The largest absolute Gasteiger partial charge is 0.483 e. The van der Waals surface area contributed by atoms with Gasteiger partial charge in [0.25, 0.3) is 5.91 Å². The minimum atomic E-state index is -0.899. The van der Waals surface area contributed by atoms with Crippen LogP contribution in [0.25, 0.3) is 0 Å². The van der Waals surface area contributed by atoms with Gasteiger partial charge in [0, 0.05) is 6.42 Å².